The Hall–Kier alpha value is -3.51. The maximum absolute atomic E-state index is 15.1. The standard InChI is InChI=1S/C25H21ClF2N4O3/c1-5-23-10-24(11-23,25(23,27)28)22-31-18-14(8-12(2)9-15(18)20(33)32(22)4)13(3)29-16-6-7-17(26)30-19(16)21(34)35/h1,6-9,13,29H,10-11H2,2-4H3,(H,34,35)/t13-,23?,24?/m1/s1. The summed E-state index contributed by atoms with van der Waals surface area (Å²) in [5.74, 6) is -2.17. The van der Waals surface area contributed by atoms with Crippen molar-refractivity contribution in [3.8, 4) is 12.3 Å². The van der Waals surface area contributed by atoms with Crippen molar-refractivity contribution in [2.75, 3.05) is 5.32 Å². The Kier molecular flexibility index (Phi) is 4.81. The molecule has 3 aliphatic carbocycles. The highest BCUT2D eigenvalue weighted by Crippen LogP contribution is 2.81. The van der Waals surface area contributed by atoms with Crippen LogP contribution in [0.5, 0.6) is 0 Å². The van der Waals surface area contributed by atoms with E-state index in [9.17, 15) is 14.7 Å². The van der Waals surface area contributed by atoms with Gasteiger partial charge >= 0.3 is 5.97 Å². The number of nitrogens with zero attached hydrogens (tertiary/aromatic N) is 3. The van der Waals surface area contributed by atoms with Gasteiger partial charge in [0.15, 0.2) is 5.69 Å². The van der Waals surface area contributed by atoms with Gasteiger partial charge < -0.3 is 10.4 Å². The number of carboxylic acids is 1. The number of halogens is 3. The average molecular weight is 499 g/mol. The van der Waals surface area contributed by atoms with E-state index in [0.29, 0.717) is 5.56 Å². The lowest BCUT2D eigenvalue weighted by atomic mass is 9.32. The van der Waals surface area contributed by atoms with Crippen LogP contribution in [0.2, 0.25) is 5.15 Å². The number of carboxylic acid groups (broad SMARTS) is 1. The molecule has 3 aliphatic rings. The summed E-state index contributed by atoms with van der Waals surface area (Å²) in [6.07, 6.45) is 5.54. The fourth-order valence-electron chi connectivity index (χ4n) is 5.49. The minimum Gasteiger partial charge on any atom is -0.476 e. The zero-order valence-corrected chi connectivity index (χ0v) is 19.9. The molecule has 3 aromatic rings. The number of rotatable bonds is 5. The summed E-state index contributed by atoms with van der Waals surface area (Å²) >= 11 is 5.85. The first-order chi connectivity index (χ1) is 16.4. The van der Waals surface area contributed by atoms with E-state index < -0.39 is 34.3 Å². The summed E-state index contributed by atoms with van der Waals surface area (Å²) < 4.78 is 31.3. The number of aryl methyl sites for hydroxylation is 1. The fraction of sp³-hybridized carbons (Fsp3) is 0.360. The highest BCUT2D eigenvalue weighted by molar-refractivity contribution is 6.29. The summed E-state index contributed by atoms with van der Waals surface area (Å²) in [4.78, 5) is 33.4. The van der Waals surface area contributed by atoms with E-state index in [4.69, 9.17) is 18.0 Å². The first-order valence-corrected chi connectivity index (χ1v) is 11.3. The number of fused-ring (bicyclic) bond motifs is 1. The second-order valence-corrected chi connectivity index (χ2v) is 9.87. The maximum Gasteiger partial charge on any atom is 0.356 e. The number of aromatic nitrogens is 3. The fourth-order valence-corrected chi connectivity index (χ4v) is 5.64. The third-order valence-corrected chi connectivity index (χ3v) is 7.58. The third kappa shape index (κ3) is 2.89. The van der Waals surface area contributed by atoms with Crippen LogP contribution in [-0.4, -0.2) is 31.5 Å². The molecule has 1 atom stereocenters. The number of hydrogen-bond donors (Lipinski definition) is 2. The van der Waals surface area contributed by atoms with E-state index in [0.717, 1.165) is 5.56 Å². The molecule has 0 aliphatic heterocycles. The molecule has 0 spiro atoms. The van der Waals surface area contributed by atoms with E-state index in [-0.39, 0.29) is 46.1 Å². The topological polar surface area (TPSA) is 97.1 Å². The molecule has 2 heterocycles. The summed E-state index contributed by atoms with van der Waals surface area (Å²) in [6, 6.07) is 5.86. The third-order valence-electron chi connectivity index (χ3n) is 7.37. The van der Waals surface area contributed by atoms with Gasteiger partial charge in [0.2, 0.25) is 0 Å². The van der Waals surface area contributed by atoms with E-state index in [2.05, 4.69) is 21.2 Å². The second-order valence-electron chi connectivity index (χ2n) is 9.49. The molecule has 7 nitrogen and oxygen atoms in total. The van der Waals surface area contributed by atoms with Gasteiger partial charge in [-0.25, -0.2) is 23.5 Å². The Labute approximate surface area is 204 Å². The zero-order chi connectivity index (χ0) is 25.5. The Morgan fingerprint density at radius 1 is 1.31 bits per heavy atom. The number of aromatic carboxylic acids is 1. The van der Waals surface area contributed by atoms with Crippen LogP contribution in [-0.2, 0) is 12.5 Å². The molecule has 0 amide bonds. The number of terminal acetylenes is 1. The van der Waals surface area contributed by atoms with Crippen molar-refractivity contribution in [3.05, 3.63) is 62.4 Å². The van der Waals surface area contributed by atoms with Crippen molar-refractivity contribution < 1.29 is 18.7 Å². The summed E-state index contributed by atoms with van der Waals surface area (Å²) in [7, 11) is 1.45. The summed E-state index contributed by atoms with van der Waals surface area (Å²) in [5, 5.41) is 12.9. The number of nitrogens with one attached hydrogen (secondary N) is 1. The predicted molar refractivity (Wildman–Crippen MR) is 127 cm³/mol. The lowest BCUT2D eigenvalue weighted by Crippen LogP contribution is -2.81. The molecule has 10 heteroatoms. The monoisotopic (exact) mass is 498 g/mol. The minimum atomic E-state index is -3.15. The van der Waals surface area contributed by atoms with E-state index >= 15 is 8.78 Å². The largest absolute Gasteiger partial charge is 0.476 e. The Balaban J connectivity index is 1.65. The maximum atomic E-state index is 15.1. The van der Waals surface area contributed by atoms with Gasteiger partial charge in [-0.3, -0.25) is 9.36 Å². The first kappa shape index (κ1) is 23.2. The van der Waals surface area contributed by atoms with Gasteiger partial charge in [-0.2, -0.15) is 0 Å². The molecular weight excluding hydrogens is 478 g/mol. The lowest BCUT2D eigenvalue weighted by Gasteiger charge is -2.72. The second kappa shape index (κ2) is 7.25. The highest BCUT2D eigenvalue weighted by Gasteiger charge is 2.90. The molecule has 6 rings (SSSR count). The van der Waals surface area contributed by atoms with E-state index in [1.165, 1.54) is 23.7 Å². The van der Waals surface area contributed by atoms with Crippen molar-refractivity contribution in [1.29, 1.82) is 0 Å². The molecule has 0 unspecified atom stereocenters. The molecule has 180 valence electrons. The number of pyridine rings is 1. The minimum absolute atomic E-state index is 0.00816. The smallest absolute Gasteiger partial charge is 0.356 e. The normalized spacial score (nSPS) is 24.7. The quantitative estimate of drug-likeness (QED) is 0.398. The predicted octanol–water partition coefficient (Wildman–Crippen LogP) is 4.46. The van der Waals surface area contributed by atoms with Crippen LogP contribution < -0.4 is 10.9 Å². The van der Waals surface area contributed by atoms with E-state index in [1.54, 1.807) is 19.1 Å². The number of carbonyl (C=O) groups is 1. The zero-order valence-electron chi connectivity index (χ0n) is 19.1. The van der Waals surface area contributed by atoms with Gasteiger partial charge in [0.25, 0.3) is 11.5 Å². The van der Waals surface area contributed by atoms with Gasteiger partial charge in [0.05, 0.1) is 33.5 Å². The van der Waals surface area contributed by atoms with Crippen LogP contribution in [0.4, 0.5) is 14.5 Å². The number of anilines is 1. The van der Waals surface area contributed by atoms with Crippen molar-refractivity contribution in [1.82, 2.24) is 14.5 Å². The van der Waals surface area contributed by atoms with E-state index in [1.807, 2.05) is 6.92 Å². The molecule has 2 bridgehead atoms. The first-order valence-electron chi connectivity index (χ1n) is 10.9. The molecule has 3 saturated carbocycles. The summed E-state index contributed by atoms with van der Waals surface area (Å²) in [5.41, 5.74) is -1.92. The average Bonchev–Trinajstić information content (AvgIpc) is 2.77. The van der Waals surface area contributed by atoms with Crippen LogP contribution in [0, 0.1) is 24.7 Å². The van der Waals surface area contributed by atoms with Crippen molar-refractivity contribution in [2.24, 2.45) is 12.5 Å². The molecule has 0 saturated heterocycles. The van der Waals surface area contributed by atoms with Gasteiger partial charge in [-0.05, 0) is 50.5 Å². The number of benzene rings is 1. The Morgan fingerprint density at radius 3 is 2.60 bits per heavy atom. The molecule has 0 radical (unpaired) electrons. The highest BCUT2D eigenvalue weighted by atomic mass is 35.5. The van der Waals surface area contributed by atoms with Crippen LogP contribution in [0.15, 0.2) is 29.1 Å². The molecule has 3 fully saturated rings. The van der Waals surface area contributed by atoms with Crippen LogP contribution >= 0.6 is 11.6 Å². The SMILES string of the molecule is C#CC12CC(c3nc4c([C@@H](C)Nc5ccc(Cl)nc5C(=O)O)cc(C)cc4c(=O)n3C)(C1)C2(F)F. The van der Waals surface area contributed by atoms with Crippen LogP contribution in [0.25, 0.3) is 10.9 Å². The summed E-state index contributed by atoms with van der Waals surface area (Å²) in [6.45, 7) is 3.57. The molecule has 1 aromatic carbocycles. The Bertz CT molecular complexity index is 1540. The van der Waals surface area contributed by atoms with Crippen molar-refractivity contribution in [3.63, 3.8) is 0 Å². The number of hydrogen-bond acceptors (Lipinski definition) is 5. The van der Waals surface area contributed by atoms with Crippen molar-refractivity contribution in [2.45, 2.75) is 44.1 Å². The lowest BCUT2D eigenvalue weighted by molar-refractivity contribution is -0.346. The van der Waals surface area contributed by atoms with Gasteiger partial charge in [-0.1, -0.05) is 23.6 Å². The van der Waals surface area contributed by atoms with Crippen LogP contribution in [0.3, 0.4) is 0 Å². The molecule has 2 N–H and O–H groups in total. The van der Waals surface area contributed by atoms with Crippen LogP contribution in [0.1, 0.15) is 53.2 Å². The Morgan fingerprint density at radius 2 is 2.00 bits per heavy atom. The van der Waals surface area contributed by atoms with Gasteiger partial charge in [0.1, 0.15) is 11.0 Å². The van der Waals surface area contributed by atoms with Crippen molar-refractivity contribution >= 4 is 34.2 Å². The van der Waals surface area contributed by atoms with Gasteiger partial charge in [0, 0.05) is 12.6 Å². The molecule has 35 heavy (non-hydrogen) atoms. The van der Waals surface area contributed by atoms with Gasteiger partial charge in [-0.15, -0.1) is 6.42 Å². The molecule has 2 aromatic heterocycles. The number of alkyl halides is 2. The molecular formula is C25H21ClF2N4O3.